The average Bonchev–Trinajstić information content (AvgIpc) is 3.52. The molecule has 0 saturated carbocycles. The molecule has 0 N–H and O–H groups in total. The highest BCUT2D eigenvalue weighted by Crippen LogP contribution is 2.34. The summed E-state index contributed by atoms with van der Waals surface area (Å²) in [5.41, 5.74) is 2.81. The van der Waals surface area contributed by atoms with E-state index in [2.05, 4.69) is 4.99 Å². The Labute approximate surface area is 304 Å². The van der Waals surface area contributed by atoms with Gasteiger partial charge in [-0.25, -0.2) is 9.56 Å². The number of aldehydes is 1. The Balaban J connectivity index is 1.44. The lowest BCUT2D eigenvalue weighted by Crippen LogP contribution is -2.61. The number of rotatable bonds is 11. The Morgan fingerprint density at radius 1 is 0.923 bits per heavy atom. The van der Waals surface area contributed by atoms with Crippen molar-refractivity contribution in [3.8, 4) is 0 Å². The van der Waals surface area contributed by atoms with E-state index in [-0.39, 0.29) is 37.4 Å². The first-order valence-corrected chi connectivity index (χ1v) is 17.5. The Kier molecular flexibility index (Phi) is 10.7. The van der Waals surface area contributed by atoms with E-state index < -0.39 is 29.4 Å². The zero-order chi connectivity index (χ0) is 36.8. The SMILES string of the molecule is CC(C)[C@@H]1C(=O)N([C@@H](Cc2ccccc2)C(=O)N(CC=O)C2=NC(C)(C)CO2)C(c2ccccc2)=CN1C(=O)c1cc[n+](Cc2ccccc2)cc1. The second-order valence-corrected chi connectivity index (χ2v) is 14.1. The molecule has 2 aliphatic heterocycles. The molecule has 2 atom stereocenters. The van der Waals surface area contributed by atoms with Gasteiger partial charge < -0.3 is 14.4 Å². The van der Waals surface area contributed by atoms with Crippen LogP contribution in [0.5, 0.6) is 0 Å². The van der Waals surface area contributed by atoms with Crippen LogP contribution in [0.3, 0.4) is 0 Å². The number of aliphatic imine (C=N–C) groups is 1. The summed E-state index contributed by atoms with van der Waals surface area (Å²) in [6.45, 7) is 8.11. The van der Waals surface area contributed by atoms with Crippen molar-refractivity contribution < 1.29 is 28.5 Å². The summed E-state index contributed by atoms with van der Waals surface area (Å²) >= 11 is 0. The number of carbonyl (C=O) groups excluding carboxylic acids is 4. The maximum Gasteiger partial charge on any atom is 0.295 e. The van der Waals surface area contributed by atoms with Crippen LogP contribution >= 0.6 is 0 Å². The number of benzene rings is 3. The van der Waals surface area contributed by atoms with Crippen LogP contribution in [-0.4, -0.2) is 75.5 Å². The molecule has 4 aromatic rings. The maximum atomic E-state index is 15.1. The highest BCUT2D eigenvalue weighted by atomic mass is 16.5. The van der Waals surface area contributed by atoms with E-state index in [4.69, 9.17) is 4.74 Å². The van der Waals surface area contributed by atoms with Gasteiger partial charge in [-0.05, 0) is 30.9 Å². The Morgan fingerprint density at radius 3 is 2.08 bits per heavy atom. The minimum absolute atomic E-state index is 0.0423. The van der Waals surface area contributed by atoms with Crippen LogP contribution < -0.4 is 4.57 Å². The van der Waals surface area contributed by atoms with Crippen LogP contribution in [0.25, 0.3) is 5.70 Å². The second-order valence-electron chi connectivity index (χ2n) is 14.1. The second kappa shape index (κ2) is 15.6. The first kappa shape index (κ1) is 35.9. The van der Waals surface area contributed by atoms with E-state index >= 15 is 4.79 Å². The third kappa shape index (κ3) is 7.86. The van der Waals surface area contributed by atoms with Crippen LogP contribution in [0.1, 0.15) is 54.7 Å². The van der Waals surface area contributed by atoms with Crippen LogP contribution in [0, 0.1) is 5.92 Å². The van der Waals surface area contributed by atoms with Gasteiger partial charge in [-0.1, -0.05) is 105 Å². The molecule has 1 aromatic heterocycles. The highest BCUT2D eigenvalue weighted by Gasteiger charge is 2.47. The van der Waals surface area contributed by atoms with Crippen molar-refractivity contribution in [2.45, 2.75) is 58.3 Å². The Hall–Kier alpha value is -5.90. The fourth-order valence-corrected chi connectivity index (χ4v) is 6.58. The molecule has 2 aliphatic rings. The van der Waals surface area contributed by atoms with Crippen molar-refractivity contribution >= 4 is 35.7 Å². The smallest absolute Gasteiger partial charge is 0.295 e. The first-order chi connectivity index (χ1) is 25.1. The van der Waals surface area contributed by atoms with E-state index in [0.717, 1.165) is 11.1 Å². The summed E-state index contributed by atoms with van der Waals surface area (Å²) in [6.07, 6.45) is 6.17. The number of aromatic nitrogens is 1. The van der Waals surface area contributed by atoms with Gasteiger partial charge in [-0.15, -0.1) is 0 Å². The lowest BCUT2D eigenvalue weighted by molar-refractivity contribution is -0.688. The van der Waals surface area contributed by atoms with Crippen LogP contribution in [-0.2, 0) is 32.1 Å². The number of amidine groups is 1. The number of ether oxygens (including phenoxy) is 1. The lowest BCUT2D eigenvalue weighted by Gasteiger charge is -2.44. The zero-order valence-corrected chi connectivity index (χ0v) is 30.0. The number of nitrogens with zero attached hydrogens (tertiary/aromatic N) is 5. The number of amides is 3. The quantitative estimate of drug-likeness (QED) is 0.160. The molecule has 10 heteroatoms. The molecule has 0 saturated heterocycles. The van der Waals surface area contributed by atoms with E-state index in [1.807, 2.05) is 136 Å². The summed E-state index contributed by atoms with van der Waals surface area (Å²) in [7, 11) is 0. The molecule has 266 valence electrons. The van der Waals surface area contributed by atoms with Gasteiger partial charge in [-0.3, -0.25) is 24.2 Å². The molecule has 6 rings (SSSR count). The molecular formula is C42H44N5O5+. The van der Waals surface area contributed by atoms with Gasteiger partial charge in [0, 0.05) is 30.3 Å². The van der Waals surface area contributed by atoms with Gasteiger partial charge in [0.15, 0.2) is 18.9 Å². The summed E-state index contributed by atoms with van der Waals surface area (Å²) in [5.74, 6) is -1.58. The Bertz CT molecular complexity index is 1960. The fourth-order valence-electron chi connectivity index (χ4n) is 6.58. The maximum absolute atomic E-state index is 15.1. The third-order valence-corrected chi connectivity index (χ3v) is 9.17. The van der Waals surface area contributed by atoms with E-state index in [9.17, 15) is 14.4 Å². The van der Waals surface area contributed by atoms with Crippen LogP contribution in [0.15, 0.2) is 127 Å². The molecule has 52 heavy (non-hydrogen) atoms. The highest BCUT2D eigenvalue weighted by molar-refractivity contribution is 6.06. The van der Waals surface area contributed by atoms with Crippen molar-refractivity contribution in [3.63, 3.8) is 0 Å². The lowest BCUT2D eigenvalue weighted by atomic mass is 9.93. The standard InChI is InChI=1S/C42H44N5O5/c1-30(2)37-40(51)47(35(26-31-14-8-5-9-15-31)39(50)45(24-25-48)41-43-42(3,4)29-52-41)36(33-18-12-7-13-19-33)28-46(37)38(49)34-20-22-44(23-21-34)27-32-16-10-6-11-17-32/h5-23,25,28,30,35,37H,24,26-27,29H2,1-4H3/q+1/t35-,37+/m0/s1. The molecule has 0 aliphatic carbocycles. The molecule has 0 bridgehead atoms. The number of hydrogen-bond donors (Lipinski definition) is 0. The average molecular weight is 699 g/mol. The van der Waals surface area contributed by atoms with E-state index in [1.54, 1.807) is 18.3 Å². The molecule has 3 aromatic carbocycles. The van der Waals surface area contributed by atoms with Crippen molar-refractivity contribution in [2.24, 2.45) is 10.9 Å². The minimum Gasteiger partial charge on any atom is -0.462 e. The predicted molar refractivity (Wildman–Crippen MR) is 197 cm³/mol. The van der Waals surface area contributed by atoms with Crippen LogP contribution in [0.2, 0.25) is 0 Å². The summed E-state index contributed by atoms with van der Waals surface area (Å²) in [6, 6.07) is 30.2. The molecule has 3 amide bonds. The largest absolute Gasteiger partial charge is 0.462 e. The molecular weight excluding hydrogens is 654 g/mol. The first-order valence-electron chi connectivity index (χ1n) is 17.5. The van der Waals surface area contributed by atoms with Gasteiger partial charge in [0.05, 0.1) is 23.3 Å². The topological polar surface area (TPSA) is 103 Å². The van der Waals surface area contributed by atoms with E-state index in [1.165, 1.54) is 14.7 Å². The van der Waals surface area contributed by atoms with Gasteiger partial charge in [-0.2, -0.15) is 0 Å². The monoisotopic (exact) mass is 698 g/mol. The predicted octanol–water partition coefficient (Wildman–Crippen LogP) is 5.13. The summed E-state index contributed by atoms with van der Waals surface area (Å²) in [5, 5.41) is 0. The van der Waals surface area contributed by atoms with Crippen molar-refractivity contribution in [3.05, 3.63) is 144 Å². The zero-order valence-electron chi connectivity index (χ0n) is 30.0. The van der Waals surface area contributed by atoms with Gasteiger partial charge in [0.25, 0.3) is 23.7 Å². The number of carbonyl (C=O) groups is 4. The Morgan fingerprint density at radius 2 is 1.52 bits per heavy atom. The van der Waals surface area contributed by atoms with Crippen molar-refractivity contribution in [1.29, 1.82) is 0 Å². The molecule has 3 heterocycles. The van der Waals surface area contributed by atoms with Crippen LogP contribution in [0.4, 0.5) is 0 Å². The van der Waals surface area contributed by atoms with E-state index in [0.29, 0.717) is 29.7 Å². The molecule has 0 fully saturated rings. The molecule has 0 unspecified atom stereocenters. The fraction of sp³-hybridized carbons (Fsp3) is 0.286. The summed E-state index contributed by atoms with van der Waals surface area (Å²) in [4.78, 5) is 65.2. The third-order valence-electron chi connectivity index (χ3n) is 9.17. The van der Waals surface area contributed by atoms with Gasteiger partial charge in [0.1, 0.15) is 25.0 Å². The van der Waals surface area contributed by atoms with Gasteiger partial charge >= 0.3 is 0 Å². The summed E-state index contributed by atoms with van der Waals surface area (Å²) < 4.78 is 7.84. The number of hydrogen-bond acceptors (Lipinski definition) is 6. The normalized spacial score (nSPS) is 17.2. The molecule has 0 radical (unpaired) electrons. The molecule has 10 nitrogen and oxygen atoms in total. The van der Waals surface area contributed by atoms with Crippen molar-refractivity contribution in [1.82, 2.24) is 14.7 Å². The minimum atomic E-state index is -1.11. The number of pyridine rings is 1. The molecule has 0 spiro atoms. The van der Waals surface area contributed by atoms with Gasteiger partial charge in [0.2, 0.25) is 0 Å². The van der Waals surface area contributed by atoms with Crippen molar-refractivity contribution in [2.75, 3.05) is 13.2 Å².